The van der Waals surface area contributed by atoms with Crippen molar-refractivity contribution in [3.05, 3.63) is 106 Å². The van der Waals surface area contributed by atoms with Crippen LogP contribution in [0.1, 0.15) is 146 Å². The second kappa shape index (κ2) is 9.22. The summed E-state index contributed by atoms with van der Waals surface area (Å²) >= 11 is 0. The number of rotatable bonds is 0. The molecule has 6 bridgehead atoms. The lowest BCUT2D eigenvalue weighted by Gasteiger charge is -2.35. The predicted octanol–water partition coefficient (Wildman–Crippen LogP) is 7.93. The summed E-state index contributed by atoms with van der Waals surface area (Å²) in [6.45, 7) is 0. The lowest BCUT2D eigenvalue weighted by molar-refractivity contribution is 0.359. The highest BCUT2D eigenvalue weighted by Crippen LogP contribution is 2.49. The average Bonchev–Trinajstić information content (AvgIpc) is 2.94. The molecule has 9 aliphatic rings. The van der Waals surface area contributed by atoms with E-state index in [0.717, 1.165) is 0 Å². The quantitative estimate of drug-likeness (QED) is 0.367. The molecule has 0 nitrogen and oxygen atoms in total. The minimum atomic E-state index is 0.553. The van der Waals surface area contributed by atoms with Gasteiger partial charge in [0.15, 0.2) is 0 Å². The van der Waals surface area contributed by atoms with Gasteiger partial charge in [-0.05, 0) is 149 Å². The zero-order valence-electron chi connectivity index (χ0n) is 20.9. The van der Waals surface area contributed by atoms with Gasteiger partial charge >= 0.3 is 0 Å². The Morgan fingerprint density at radius 3 is 0.528 bits per heavy atom. The molecule has 0 heterocycles. The van der Waals surface area contributed by atoms with E-state index in [1.54, 1.807) is 0 Å². The molecule has 3 saturated carbocycles. The first-order chi connectivity index (χ1) is 17.8. The van der Waals surface area contributed by atoms with Crippen molar-refractivity contribution in [1.29, 1.82) is 0 Å². The molecule has 0 N–H and O–H groups in total. The topological polar surface area (TPSA) is 0 Å². The van der Waals surface area contributed by atoms with Gasteiger partial charge in [0.1, 0.15) is 0 Å². The van der Waals surface area contributed by atoms with Gasteiger partial charge in [-0.15, -0.1) is 0 Å². The summed E-state index contributed by atoms with van der Waals surface area (Å²) in [5.41, 5.74) is 7.52. The Morgan fingerprint density at radius 2 is 0.389 bits per heavy atom. The van der Waals surface area contributed by atoms with E-state index in [1.165, 1.54) is 110 Å². The molecular weight excluding hydrogens is 432 g/mol. The van der Waals surface area contributed by atoms with Gasteiger partial charge in [-0.25, -0.2) is 0 Å². The van der Waals surface area contributed by atoms with Crippen molar-refractivity contribution in [3.8, 4) is 0 Å². The zero-order valence-corrected chi connectivity index (χ0v) is 20.9. The fourth-order valence-electron chi connectivity index (χ4n) is 7.94. The van der Waals surface area contributed by atoms with Crippen molar-refractivity contribution in [2.24, 2.45) is 0 Å². The molecule has 10 rings (SSSR count). The Morgan fingerprint density at radius 1 is 0.250 bits per heavy atom. The second-order valence-corrected chi connectivity index (χ2v) is 11.6. The van der Waals surface area contributed by atoms with E-state index in [1.807, 2.05) is 0 Å². The van der Waals surface area contributed by atoms with Crippen LogP contribution in [-0.4, -0.2) is 0 Å². The summed E-state index contributed by atoms with van der Waals surface area (Å²) in [6.07, 6.45) is 14.9. The summed E-state index contributed by atoms with van der Waals surface area (Å²) in [5.74, 6) is 3.32. The van der Waals surface area contributed by atoms with Crippen LogP contribution in [0.2, 0.25) is 0 Å². The molecule has 1 aromatic carbocycles. The first kappa shape index (κ1) is 21.8. The van der Waals surface area contributed by atoms with Crippen molar-refractivity contribution in [1.82, 2.24) is 0 Å². The predicted molar refractivity (Wildman–Crippen MR) is 137 cm³/mol. The molecule has 0 saturated heterocycles. The van der Waals surface area contributed by atoms with Crippen molar-refractivity contribution in [3.63, 3.8) is 0 Å². The summed E-state index contributed by atoms with van der Waals surface area (Å²) in [5, 5.41) is 0. The Bertz CT molecular complexity index is 936. The van der Waals surface area contributed by atoms with Gasteiger partial charge in [-0.3, -0.25) is 0 Å². The van der Waals surface area contributed by atoms with Crippen molar-refractivity contribution in [2.75, 3.05) is 0 Å². The SMILES string of the molecule is c1c#cc2c(c#cc#cc3c(c#cc#cc4c(c#1)C1CCC4CC1)C1CCC3CC1)C1CCC2CC1. The van der Waals surface area contributed by atoms with Gasteiger partial charge in [0.05, 0.1) is 0 Å². The van der Waals surface area contributed by atoms with Gasteiger partial charge in [0, 0.05) is 33.4 Å². The van der Waals surface area contributed by atoms with E-state index < -0.39 is 0 Å². The van der Waals surface area contributed by atoms with Crippen LogP contribution in [-0.2, 0) is 0 Å². The summed E-state index contributed by atoms with van der Waals surface area (Å²) in [6, 6.07) is 40.3. The monoisotopic (exact) mass is 462 g/mol. The highest BCUT2D eigenvalue weighted by atomic mass is 14.4. The Balaban J connectivity index is 1.42. The van der Waals surface area contributed by atoms with Gasteiger partial charge in [-0.2, -0.15) is 0 Å². The molecular formula is C36H30. The molecule has 0 aromatic heterocycles. The molecule has 0 aliphatic heterocycles. The highest BCUT2D eigenvalue weighted by Gasteiger charge is 2.34. The maximum absolute atomic E-state index is 3.48. The lowest BCUT2D eigenvalue weighted by atomic mass is 9.68. The van der Waals surface area contributed by atoms with Crippen LogP contribution in [0.15, 0.2) is 0 Å². The molecule has 0 atom stereocenters. The van der Waals surface area contributed by atoms with Crippen LogP contribution >= 0.6 is 0 Å². The summed E-state index contributed by atoms with van der Waals surface area (Å²) in [7, 11) is 0. The minimum absolute atomic E-state index is 0.553. The highest BCUT2D eigenvalue weighted by molar-refractivity contribution is 5.34. The number of hydrogen-bond donors (Lipinski definition) is 0. The van der Waals surface area contributed by atoms with Crippen LogP contribution in [0.25, 0.3) is 0 Å². The van der Waals surface area contributed by atoms with Crippen molar-refractivity contribution >= 4 is 0 Å². The molecule has 0 spiro atoms. The van der Waals surface area contributed by atoms with Crippen LogP contribution < -0.4 is 0 Å². The molecule has 0 amide bonds. The van der Waals surface area contributed by atoms with Crippen LogP contribution in [0, 0.1) is 72.8 Å². The number of fused-ring (bicyclic) bond motifs is 6. The standard InChI is InChI=1S/C36H30/c1-2-8-32-26-17-19-28(20-18-26)34(32)10-5-6-12-36-30-23-21-29(22-24-30)35(36)11-4-3-9-33-27-15-13-25(14-16-27)31(33)7-1/h25-30H,13-24H2. The normalized spacial score (nSPS) is 30.3. The fourth-order valence-corrected chi connectivity index (χ4v) is 7.94. The van der Waals surface area contributed by atoms with Crippen LogP contribution in [0.3, 0.4) is 0 Å². The van der Waals surface area contributed by atoms with E-state index in [0.29, 0.717) is 35.5 Å². The van der Waals surface area contributed by atoms with Gasteiger partial charge in [0.25, 0.3) is 0 Å². The Hall–Kier alpha value is -3.42. The summed E-state index contributed by atoms with van der Waals surface area (Å²) < 4.78 is 0. The van der Waals surface area contributed by atoms with E-state index in [-0.39, 0.29) is 0 Å². The molecule has 0 unspecified atom stereocenters. The molecule has 9 aliphatic carbocycles. The zero-order chi connectivity index (χ0) is 23.9. The molecule has 0 heteroatoms. The molecule has 1 aromatic rings. The van der Waals surface area contributed by atoms with E-state index in [2.05, 4.69) is 72.8 Å². The van der Waals surface area contributed by atoms with E-state index in [4.69, 9.17) is 0 Å². The number of hydrogen-bond acceptors (Lipinski definition) is 0. The molecule has 174 valence electrons. The van der Waals surface area contributed by atoms with Crippen molar-refractivity contribution < 1.29 is 0 Å². The average molecular weight is 463 g/mol. The fraction of sp³-hybridized carbons (Fsp3) is 0.500. The maximum atomic E-state index is 3.48. The van der Waals surface area contributed by atoms with Gasteiger partial charge in [0.2, 0.25) is 0 Å². The summed E-state index contributed by atoms with van der Waals surface area (Å²) in [4.78, 5) is 0. The molecule has 3 fully saturated rings. The van der Waals surface area contributed by atoms with Crippen LogP contribution in [0.5, 0.6) is 0 Å². The van der Waals surface area contributed by atoms with Gasteiger partial charge < -0.3 is 0 Å². The first-order valence-electron chi connectivity index (χ1n) is 14.1. The van der Waals surface area contributed by atoms with Crippen molar-refractivity contribution in [2.45, 2.75) is 113 Å². The smallest absolute Gasteiger partial charge is 0.0180 e. The first-order valence-corrected chi connectivity index (χ1v) is 14.1. The third-order valence-corrected chi connectivity index (χ3v) is 9.87. The van der Waals surface area contributed by atoms with E-state index in [9.17, 15) is 0 Å². The second-order valence-electron chi connectivity index (χ2n) is 11.6. The Kier molecular flexibility index (Phi) is 5.59. The maximum Gasteiger partial charge on any atom is 0.0180 e. The largest absolute Gasteiger partial charge is 0.0560 e. The van der Waals surface area contributed by atoms with Crippen LogP contribution in [0.4, 0.5) is 0 Å². The van der Waals surface area contributed by atoms with E-state index >= 15 is 0 Å². The molecule has 36 heavy (non-hydrogen) atoms. The van der Waals surface area contributed by atoms with Gasteiger partial charge in [-0.1, -0.05) is 36.4 Å². The third kappa shape index (κ3) is 3.83. The Labute approximate surface area is 218 Å². The third-order valence-electron chi connectivity index (χ3n) is 9.87. The lowest BCUT2D eigenvalue weighted by Crippen LogP contribution is -2.20. The molecule has 0 radical (unpaired) electrons. The minimum Gasteiger partial charge on any atom is -0.0560 e.